The number of alkyl halides is 3. The molecule has 21 heavy (non-hydrogen) atoms. The smallest absolute Gasteiger partial charge is 0.416 e. The summed E-state index contributed by atoms with van der Waals surface area (Å²) in [6.45, 7) is 0. The number of nitrogens with one attached hydrogen (secondary N) is 1. The Hall–Kier alpha value is -2.39. The fourth-order valence-electron chi connectivity index (χ4n) is 1.91. The molecular formula is C11H8F5N3O2. The third-order valence-corrected chi connectivity index (χ3v) is 2.79. The highest BCUT2D eigenvalue weighted by molar-refractivity contribution is 5.77. The summed E-state index contributed by atoms with van der Waals surface area (Å²) in [5.41, 5.74) is -0.695. The van der Waals surface area contributed by atoms with Gasteiger partial charge in [0.15, 0.2) is 11.9 Å². The standard InChI is InChI=1S/C11H8F5N3O2/c1-19-6-3-4(12)2-5(13)7(6)17-9(19)8(11(14,15)16)18-10(20)21/h2-3,8,18H,1H3,(H,20,21). The van der Waals surface area contributed by atoms with Crippen LogP contribution in [0.5, 0.6) is 0 Å². The molecule has 1 aromatic heterocycles. The summed E-state index contributed by atoms with van der Waals surface area (Å²) in [5.74, 6) is -2.91. The minimum Gasteiger partial charge on any atom is -0.465 e. The van der Waals surface area contributed by atoms with Gasteiger partial charge in [0.1, 0.15) is 17.2 Å². The first-order valence-electron chi connectivity index (χ1n) is 5.49. The molecule has 0 spiro atoms. The van der Waals surface area contributed by atoms with Gasteiger partial charge in [0, 0.05) is 13.1 Å². The Morgan fingerprint density at radius 2 is 2.00 bits per heavy atom. The minimum absolute atomic E-state index is 0.219. The van der Waals surface area contributed by atoms with Crippen molar-refractivity contribution in [3.8, 4) is 0 Å². The Balaban J connectivity index is 2.66. The number of carboxylic acid groups (broad SMARTS) is 1. The number of hydrogen-bond donors (Lipinski definition) is 2. The highest BCUT2D eigenvalue weighted by Crippen LogP contribution is 2.34. The molecule has 0 saturated heterocycles. The third-order valence-electron chi connectivity index (χ3n) is 2.79. The molecule has 5 nitrogen and oxygen atoms in total. The van der Waals surface area contributed by atoms with Crippen molar-refractivity contribution in [1.82, 2.24) is 14.9 Å². The molecule has 1 atom stereocenters. The lowest BCUT2D eigenvalue weighted by Crippen LogP contribution is -2.38. The number of benzene rings is 1. The summed E-state index contributed by atoms with van der Waals surface area (Å²) in [6.07, 6.45) is -6.90. The number of fused-ring (bicyclic) bond motifs is 1. The molecule has 0 radical (unpaired) electrons. The molecule has 1 unspecified atom stereocenters. The van der Waals surface area contributed by atoms with E-state index in [1.54, 1.807) is 0 Å². The monoisotopic (exact) mass is 309 g/mol. The van der Waals surface area contributed by atoms with E-state index in [2.05, 4.69) is 4.98 Å². The molecule has 1 amide bonds. The Kier molecular flexibility index (Phi) is 3.47. The van der Waals surface area contributed by atoms with Crippen LogP contribution in [0.25, 0.3) is 11.0 Å². The molecule has 2 N–H and O–H groups in total. The van der Waals surface area contributed by atoms with Gasteiger partial charge in [-0.3, -0.25) is 0 Å². The maximum Gasteiger partial charge on any atom is 0.416 e. The Bertz CT molecular complexity index is 710. The number of halogens is 5. The average molecular weight is 309 g/mol. The number of aromatic nitrogens is 2. The molecular weight excluding hydrogens is 301 g/mol. The summed E-state index contributed by atoms with van der Waals surface area (Å²) in [4.78, 5) is 13.9. The molecule has 1 heterocycles. The first kappa shape index (κ1) is 15.0. The second-order valence-electron chi connectivity index (χ2n) is 4.21. The largest absolute Gasteiger partial charge is 0.465 e. The first-order valence-corrected chi connectivity index (χ1v) is 5.49. The van der Waals surface area contributed by atoms with Crippen molar-refractivity contribution >= 4 is 17.1 Å². The van der Waals surface area contributed by atoms with E-state index in [1.807, 2.05) is 0 Å². The van der Waals surface area contributed by atoms with E-state index in [0.29, 0.717) is 6.07 Å². The zero-order valence-electron chi connectivity index (χ0n) is 10.4. The van der Waals surface area contributed by atoms with Crippen molar-refractivity contribution in [3.05, 3.63) is 29.6 Å². The van der Waals surface area contributed by atoms with Crippen LogP contribution in [0.15, 0.2) is 12.1 Å². The van der Waals surface area contributed by atoms with Gasteiger partial charge in [-0.25, -0.2) is 18.6 Å². The van der Waals surface area contributed by atoms with Crippen molar-refractivity contribution in [2.75, 3.05) is 0 Å². The highest BCUT2D eigenvalue weighted by Gasteiger charge is 2.45. The number of carbonyl (C=O) groups is 1. The van der Waals surface area contributed by atoms with Crippen molar-refractivity contribution in [3.63, 3.8) is 0 Å². The topological polar surface area (TPSA) is 67.2 Å². The second kappa shape index (κ2) is 4.86. The molecule has 2 aromatic rings. The lowest BCUT2D eigenvalue weighted by molar-refractivity contribution is -0.157. The molecule has 114 valence electrons. The van der Waals surface area contributed by atoms with Gasteiger partial charge in [0.2, 0.25) is 0 Å². The van der Waals surface area contributed by atoms with Gasteiger partial charge < -0.3 is 15.0 Å². The van der Waals surface area contributed by atoms with Crippen LogP contribution in [0, 0.1) is 11.6 Å². The van der Waals surface area contributed by atoms with Gasteiger partial charge in [-0.1, -0.05) is 0 Å². The van der Waals surface area contributed by atoms with Crippen LogP contribution < -0.4 is 5.32 Å². The van der Waals surface area contributed by atoms with E-state index < -0.39 is 41.3 Å². The van der Waals surface area contributed by atoms with Crippen LogP contribution >= 0.6 is 0 Å². The second-order valence-corrected chi connectivity index (χ2v) is 4.21. The van der Waals surface area contributed by atoms with Crippen molar-refractivity contribution < 1.29 is 31.9 Å². The van der Waals surface area contributed by atoms with Gasteiger partial charge in [0.05, 0.1) is 5.52 Å². The van der Waals surface area contributed by atoms with E-state index >= 15 is 0 Å². The molecule has 0 aliphatic carbocycles. The number of hydrogen-bond acceptors (Lipinski definition) is 2. The van der Waals surface area contributed by atoms with E-state index in [0.717, 1.165) is 17.7 Å². The van der Waals surface area contributed by atoms with E-state index in [9.17, 15) is 26.7 Å². The maximum atomic E-state index is 13.5. The zero-order chi connectivity index (χ0) is 15.9. The fraction of sp³-hybridized carbons (Fsp3) is 0.273. The van der Waals surface area contributed by atoms with Crippen molar-refractivity contribution in [2.45, 2.75) is 12.2 Å². The van der Waals surface area contributed by atoms with Crippen LogP contribution in [-0.2, 0) is 7.05 Å². The molecule has 1 aromatic carbocycles. The summed E-state index contributed by atoms with van der Waals surface area (Å²) in [6, 6.07) is -1.37. The zero-order valence-corrected chi connectivity index (χ0v) is 10.4. The maximum absolute atomic E-state index is 13.5. The molecule has 0 bridgehead atoms. The molecule has 0 fully saturated rings. The molecule has 0 aliphatic rings. The van der Waals surface area contributed by atoms with Crippen molar-refractivity contribution in [2.24, 2.45) is 7.05 Å². The Labute approximate surface area is 114 Å². The first-order chi connectivity index (χ1) is 9.61. The summed E-state index contributed by atoms with van der Waals surface area (Å²) >= 11 is 0. The van der Waals surface area contributed by atoms with Gasteiger partial charge in [0.25, 0.3) is 0 Å². The van der Waals surface area contributed by atoms with E-state index in [4.69, 9.17) is 5.11 Å². The van der Waals surface area contributed by atoms with Crippen molar-refractivity contribution in [1.29, 1.82) is 0 Å². The van der Waals surface area contributed by atoms with Crippen LogP contribution in [-0.4, -0.2) is 26.9 Å². The van der Waals surface area contributed by atoms with Gasteiger partial charge in [-0.05, 0) is 6.07 Å². The van der Waals surface area contributed by atoms with Gasteiger partial charge in [-0.15, -0.1) is 0 Å². The summed E-state index contributed by atoms with van der Waals surface area (Å²) in [5, 5.41) is 9.75. The summed E-state index contributed by atoms with van der Waals surface area (Å²) < 4.78 is 66.2. The van der Waals surface area contributed by atoms with Gasteiger partial charge >= 0.3 is 12.3 Å². The number of amides is 1. The van der Waals surface area contributed by atoms with E-state index in [-0.39, 0.29) is 5.52 Å². The average Bonchev–Trinajstić information content (AvgIpc) is 2.63. The summed E-state index contributed by atoms with van der Waals surface area (Å²) in [7, 11) is 1.10. The molecule has 0 saturated carbocycles. The Morgan fingerprint density at radius 3 is 2.52 bits per heavy atom. The third kappa shape index (κ3) is 2.73. The predicted molar refractivity (Wildman–Crippen MR) is 60.6 cm³/mol. The number of imidazole rings is 1. The highest BCUT2D eigenvalue weighted by atomic mass is 19.4. The number of aryl methyl sites for hydroxylation is 1. The number of rotatable bonds is 2. The van der Waals surface area contributed by atoms with E-state index in [1.165, 1.54) is 5.32 Å². The lowest BCUT2D eigenvalue weighted by atomic mass is 10.2. The molecule has 2 rings (SSSR count). The van der Waals surface area contributed by atoms with Crippen LogP contribution in [0.3, 0.4) is 0 Å². The minimum atomic E-state index is -4.98. The molecule has 10 heteroatoms. The quantitative estimate of drug-likeness (QED) is 0.838. The van der Waals surface area contributed by atoms with Crippen LogP contribution in [0.2, 0.25) is 0 Å². The number of nitrogens with zero attached hydrogens (tertiary/aromatic N) is 2. The SMILES string of the molecule is Cn1c(C(NC(=O)O)C(F)(F)F)nc2c(F)cc(F)cc21. The lowest BCUT2D eigenvalue weighted by Gasteiger charge is -2.19. The van der Waals surface area contributed by atoms with Crippen LogP contribution in [0.4, 0.5) is 26.7 Å². The predicted octanol–water partition coefficient (Wildman–Crippen LogP) is 2.72. The Morgan fingerprint density at radius 1 is 1.38 bits per heavy atom. The normalized spacial score (nSPS) is 13.4. The molecule has 0 aliphatic heterocycles. The fourth-order valence-corrected chi connectivity index (χ4v) is 1.91. The van der Waals surface area contributed by atoms with Crippen LogP contribution in [0.1, 0.15) is 11.9 Å². The van der Waals surface area contributed by atoms with Gasteiger partial charge in [-0.2, -0.15) is 13.2 Å².